The first-order valence-corrected chi connectivity index (χ1v) is 6.90. The van der Waals surface area contributed by atoms with Crippen LogP contribution in [0.5, 0.6) is 0 Å². The molecule has 2 aliphatic rings. The molecule has 92 valence electrons. The van der Waals surface area contributed by atoms with Crippen molar-refractivity contribution in [1.82, 2.24) is 0 Å². The third-order valence-corrected chi connectivity index (χ3v) is 4.24. The Hall–Kier alpha value is -0.150. The molecule has 0 amide bonds. The maximum absolute atomic E-state index is 6.04. The van der Waals surface area contributed by atoms with Crippen molar-refractivity contribution >= 4 is 17.2 Å². The fourth-order valence-corrected chi connectivity index (χ4v) is 2.92. The van der Waals surface area contributed by atoms with E-state index in [1.807, 2.05) is 0 Å². The van der Waals surface area contributed by atoms with Crippen molar-refractivity contribution in [3.8, 4) is 0 Å². The SMILES string of the molecule is CC1CCC(OCC2(CC(N)=S)CC2)CC1. The number of hydrogen-bond donors (Lipinski definition) is 1. The third kappa shape index (κ3) is 3.42. The first-order chi connectivity index (χ1) is 7.60. The minimum atomic E-state index is 0.328. The van der Waals surface area contributed by atoms with Crippen LogP contribution in [0.4, 0.5) is 0 Å². The normalized spacial score (nSPS) is 32.3. The highest BCUT2D eigenvalue weighted by molar-refractivity contribution is 7.80. The number of nitrogens with two attached hydrogens (primary N) is 1. The van der Waals surface area contributed by atoms with Crippen LogP contribution >= 0.6 is 12.2 Å². The Bertz CT molecular complexity index is 255. The van der Waals surface area contributed by atoms with E-state index in [2.05, 4.69) is 6.92 Å². The van der Waals surface area contributed by atoms with Gasteiger partial charge in [-0.15, -0.1) is 0 Å². The molecule has 2 nitrogen and oxygen atoms in total. The number of hydrogen-bond acceptors (Lipinski definition) is 2. The van der Waals surface area contributed by atoms with Gasteiger partial charge in [-0.3, -0.25) is 0 Å². The minimum Gasteiger partial charge on any atom is -0.393 e. The Labute approximate surface area is 104 Å². The van der Waals surface area contributed by atoms with Gasteiger partial charge in [-0.05, 0) is 44.4 Å². The van der Waals surface area contributed by atoms with Crippen LogP contribution in [0.2, 0.25) is 0 Å². The zero-order chi connectivity index (χ0) is 11.6. The van der Waals surface area contributed by atoms with Crippen molar-refractivity contribution in [2.75, 3.05) is 6.61 Å². The van der Waals surface area contributed by atoms with Crippen molar-refractivity contribution in [2.45, 2.75) is 58.0 Å². The Morgan fingerprint density at radius 1 is 1.31 bits per heavy atom. The average molecular weight is 241 g/mol. The Kier molecular flexibility index (Phi) is 3.85. The molecule has 2 saturated carbocycles. The third-order valence-electron chi connectivity index (χ3n) is 4.09. The maximum Gasteiger partial charge on any atom is 0.0733 e. The Morgan fingerprint density at radius 3 is 2.44 bits per heavy atom. The molecular weight excluding hydrogens is 218 g/mol. The highest BCUT2D eigenvalue weighted by Gasteiger charge is 2.43. The first-order valence-electron chi connectivity index (χ1n) is 6.50. The van der Waals surface area contributed by atoms with Gasteiger partial charge < -0.3 is 10.5 Å². The van der Waals surface area contributed by atoms with Crippen LogP contribution in [0.15, 0.2) is 0 Å². The van der Waals surface area contributed by atoms with Gasteiger partial charge in [0.1, 0.15) is 0 Å². The van der Waals surface area contributed by atoms with Gasteiger partial charge in [0.2, 0.25) is 0 Å². The molecule has 2 N–H and O–H groups in total. The first kappa shape index (κ1) is 12.3. The van der Waals surface area contributed by atoms with E-state index in [4.69, 9.17) is 22.7 Å². The molecule has 2 fully saturated rings. The number of ether oxygens (including phenoxy) is 1. The molecule has 0 atom stereocenters. The van der Waals surface area contributed by atoms with Gasteiger partial charge in [0.25, 0.3) is 0 Å². The summed E-state index contributed by atoms with van der Waals surface area (Å²) in [5.41, 5.74) is 5.95. The molecular formula is C13H23NOS. The molecule has 2 aliphatic carbocycles. The lowest BCUT2D eigenvalue weighted by molar-refractivity contribution is -0.00372. The van der Waals surface area contributed by atoms with Crippen LogP contribution in [-0.4, -0.2) is 17.7 Å². The molecule has 0 saturated heterocycles. The summed E-state index contributed by atoms with van der Waals surface area (Å²) in [6, 6.07) is 0. The second-order valence-corrected chi connectivity index (χ2v) is 6.36. The fourth-order valence-electron chi connectivity index (χ4n) is 2.61. The van der Waals surface area contributed by atoms with Crippen LogP contribution < -0.4 is 5.73 Å². The lowest BCUT2D eigenvalue weighted by Gasteiger charge is -2.28. The molecule has 0 spiro atoms. The predicted molar refractivity (Wildman–Crippen MR) is 70.4 cm³/mol. The molecule has 0 aliphatic heterocycles. The Balaban J connectivity index is 1.69. The summed E-state index contributed by atoms with van der Waals surface area (Å²) in [5, 5.41) is 0. The van der Waals surface area contributed by atoms with E-state index >= 15 is 0 Å². The zero-order valence-corrected chi connectivity index (χ0v) is 11.0. The molecule has 0 unspecified atom stereocenters. The van der Waals surface area contributed by atoms with Crippen molar-refractivity contribution in [3.05, 3.63) is 0 Å². The molecule has 0 heterocycles. The lowest BCUT2D eigenvalue weighted by Crippen LogP contribution is -2.26. The van der Waals surface area contributed by atoms with Gasteiger partial charge in [-0.25, -0.2) is 0 Å². The van der Waals surface area contributed by atoms with E-state index in [1.54, 1.807) is 0 Å². The van der Waals surface area contributed by atoms with Gasteiger partial charge >= 0.3 is 0 Å². The van der Waals surface area contributed by atoms with Crippen molar-refractivity contribution < 1.29 is 4.74 Å². The van der Waals surface area contributed by atoms with E-state index < -0.39 is 0 Å². The van der Waals surface area contributed by atoms with E-state index in [0.717, 1.165) is 18.9 Å². The van der Waals surface area contributed by atoms with Gasteiger partial charge in [0, 0.05) is 11.8 Å². The molecule has 0 bridgehead atoms. The largest absolute Gasteiger partial charge is 0.393 e. The molecule has 16 heavy (non-hydrogen) atoms. The van der Waals surface area contributed by atoms with Crippen LogP contribution in [-0.2, 0) is 4.74 Å². The summed E-state index contributed by atoms with van der Waals surface area (Å²) in [6.07, 6.45) is 9.00. The lowest BCUT2D eigenvalue weighted by atomic mass is 9.89. The van der Waals surface area contributed by atoms with E-state index in [0.29, 0.717) is 16.5 Å². The summed E-state index contributed by atoms with van der Waals surface area (Å²) >= 11 is 4.99. The number of thiocarbonyl (C=S) groups is 1. The monoisotopic (exact) mass is 241 g/mol. The van der Waals surface area contributed by atoms with Gasteiger partial charge in [0.05, 0.1) is 17.7 Å². The number of rotatable bonds is 5. The average Bonchev–Trinajstić information content (AvgIpc) is 2.97. The molecule has 0 radical (unpaired) electrons. The molecule has 3 heteroatoms. The summed E-state index contributed by atoms with van der Waals surface area (Å²) in [5.74, 6) is 0.895. The van der Waals surface area contributed by atoms with Crippen LogP contribution in [0.3, 0.4) is 0 Å². The summed E-state index contributed by atoms with van der Waals surface area (Å²) in [7, 11) is 0. The topological polar surface area (TPSA) is 35.2 Å². The van der Waals surface area contributed by atoms with E-state index in [9.17, 15) is 0 Å². The quantitative estimate of drug-likeness (QED) is 0.751. The predicted octanol–water partition coefficient (Wildman–Crippen LogP) is 3.04. The van der Waals surface area contributed by atoms with Gasteiger partial charge in [-0.1, -0.05) is 19.1 Å². The van der Waals surface area contributed by atoms with Crippen LogP contribution in [0, 0.1) is 11.3 Å². The van der Waals surface area contributed by atoms with Crippen molar-refractivity contribution in [3.63, 3.8) is 0 Å². The standard InChI is InChI=1S/C13H23NOS/c1-10-2-4-11(5-3-10)15-9-13(6-7-13)8-12(14)16/h10-11H,2-9H2,1H3,(H2,14,16). The molecule has 2 rings (SSSR count). The van der Waals surface area contributed by atoms with Crippen LogP contribution in [0.25, 0.3) is 0 Å². The van der Waals surface area contributed by atoms with Crippen LogP contribution in [0.1, 0.15) is 51.9 Å². The molecule has 0 aromatic carbocycles. The fraction of sp³-hybridized carbons (Fsp3) is 0.923. The highest BCUT2D eigenvalue weighted by atomic mass is 32.1. The summed E-state index contributed by atoms with van der Waals surface area (Å²) in [4.78, 5) is 0.651. The van der Waals surface area contributed by atoms with Crippen molar-refractivity contribution in [2.24, 2.45) is 17.1 Å². The van der Waals surface area contributed by atoms with E-state index in [1.165, 1.54) is 38.5 Å². The second-order valence-electron chi connectivity index (χ2n) is 5.84. The van der Waals surface area contributed by atoms with Crippen molar-refractivity contribution in [1.29, 1.82) is 0 Å². The van der Waals surface area contributed by atoms with Gasteiger partial charge in [0.15, 0.2) is 0 Å². The smallest absolute Gasteiger partial charge is 0.0733 e. The summed E-state index contributed by atoms with van der Waals surface area (Å²) in [6.45, 7) is 3.22. The highest BCUT2D eigenvalue weighted by Crippen LogP contribution is 2.49. The minimum absolute atomic E-state index is 0.328. The maximum atomic E-state index is 6.04. The van der Waals surface area contributed by atoms with E-state index in [-0.39, 0.29) is 0 Å². The second kappa shape index (κ2) is 5.01. The summed E-state index contributed by atoms with van der Waals surface area (Å²) < 4.78 is 6.04. The molecule has 0 aromatic rings. The zero-order valence-electron chi connectivity index (χ0n) is 10.2. The Morgan fingerprint density at radius 2 is 1.94 bits per heavy atom. The van der Waals surface area contributed by atoms with Gasteiger partial charge in [-0.2, -0.15) is 0 Å². The molecule has 0 aromatic heterocycles.